The first-order valence-electron chi connectivity index (χ1n) is 7.86. The van der Waals surface area contributed by atoms with Crippen LogP contribution >= 0.6 is 11.3 Å². The van der Waals surface area contributed by atoms with Crippen LogP contribution in [0, 0.1) is 0 Å². The number of halogens is 3. The molecule has 1 aliphatic heterocycles. The summed E-state index contributed by atoms with van der Waals surface area (Å²) in [7, 11) is 0. The van der Waals surface area contributed by atoms with Crippen molar-refractivity contribution in [2.45, 2.75) is 12.6 Å². The quantitative estimate of drug-likeness (QED) is 0.719. The number of carbonyl (C=O) groups is 1. The Hall–Kier alpha value is -3.07. The molecule has 4 rings (SSSR count). The minimum Gasteiger partial charge on any atom is -0.296 e. The van der Waals surface area contributed by atoms with E-state index in [-0.39, 0.29) is 0 Å². The average molecular weight is 388 g/mol. The monoisotopic (exact) mass is 388 g/mol. The third-order valence-electron chi connectivity index (χ3n) is 4.07. The Morgan fingerprint density at radius 2 is 1.96 bits per heavy atom. The van der Waals surface area contributed by atoms with Gasteiger partial charge >= 0.3 is 6.18 Å². The van der Waals surface area contributed by atoms with E-state index in [2.05, 4.69) is 20.5 Å². The lowest BCUT2D eigenvalue weighted by molar-refractivity contribution is -0.137. The summed E-state index contributed by atoms with van der Waals surface area (Å²) in [5, 5.41) is 10.4. The summed E-state index contributed by atoms with van der Waals surface area (Å²) in [6.45, 7) is 0. The molecule has 0 unspecified atom stereocenters. The minimum atomic E-state index is -4.42. The maximum absolute atomic E-state index is 13.0. The molecule has 9 heteroatoms. The zero-order valence-corrected chi connectivity index (χ0v) is 14.4. The molecular weight excluding hydrogens is 377 g/mol. The Morgan fingerprint density at radius 3 is 2.70 bits per heavy atom. The van der Waals surface area contributed by atoms with E-state index in [4.69, 9.17) is 0 Å². The van der Waals surface area contributed by atoms with Crippen LogP contribution in [0.25, 0.3) is 0 Å². The molecule has 2 heterocycles. The van der Waals surface area contributed by atoms with Gasteiger partial charge in [-0.1, -0.05) is 35.6 Å². The Labute approximate surface area is 155 Å². The van der Waals surface area contributed by atoms with Crippen molar-refractivity contribution in [3.8, 4) is 0 Å². The average Bonchev–Trinajstić information content (AvgIpc) is 3.30. The van der Waals surface area contributed by atoms with E-state index in [1.54, 1.807) is 24.3 Å². The SMILES string of the molecule is O=C(Nc1nncs1)c1cccc2c1N=C(c1cccc(C(F)(F)F)c1)C2. The third-order valence-corrected chi connectivity index (χ3v) is 4.68. The normalized spacial score (nSPS) is 13.2. The van der Waals surface area contributed by atoms with E-state index in [1.807, 2.05) is 0 Å². The zero-order chi connectivity index (χ0) is 19.0. The van der Waals surface area contributed by atoms with E-state index < -0.39 is 17.6 Å². The Kier molecular flexibility index (Phi) is 4.23. The summed E-state index contributed by atoms with van der Waals surface area (Å²) >= 11 is 1.18. The van der Waals surface area contributed by atoms with E-state index in [0.29, 0.717) is 34.1 Å². The molecule has 0 fully saturated rings. The summed E-state index contributed by atoms with van der Waals surface area (Å²) < 4.78 is 38.9. The minimum absolute atomic E-state index is 0.338. The van der Waals surface area contributed by atoms with Crippen LogP contribution in [0.3, 0.4) is 0 Å². The Balaban J connectivity index is 1.67. The number of amides is 1. The lowest BCUT2D eigenvalue weighted by Crippen LogP contribution is -2.12. The molecule has 0 radical (unpaired) electrons. The van der Waals surface area contributed by atoms with Gasteiger partial charge in [-0.25, -0.2) is 0 Å². The maximum atomic E-state index is 13.0. The van der Waals surface area contributed by atoms with Crippen molar-refractivity contribution in [2.75, 3.05) is 5.32 Å². The van der Waals surface area contributed by atoms with E-state index in [0.717, 1.165) is 17.7 Å². The van der Waals surface area contributed by atoms with Crippen LogP contribution in [0.1, 0.15) is 27.0 Å². The smallest absolute Gasteiger partial charge is 0.296 e. The molecule has 1 aromatic heterocycles. The fraction of sp³-hybridized carbons (Fsp3) is 0.111. The number of hydrogen-bond donors (Lipinski definition) is 1. The zero-order valence-electron chi connectivity index (χ0n) is 13.6. The number of anilines is 1. The number of nitrogens with zero attached hydrogens (tertiary/aromatic N) is 3. The number of benzene rings is 2. The van der Waals surface area contributed by atoms with Crippen LogP contribution in [0.4, 0.5) is 24.0 Å². The summed E-state index contributed by atoms with van der Waals surface area (Å²) in [6, 6.07) is 10.2. The molecule has 1 amide bonds. The first kappa shape index (κ1) is 17.3. The summed E-state index contributed by atoms with van der Waals surface area (Å²) in [5.41, 5.74) is 3.23. The first-order valence-corrected chi connectivity index (χ1v) is 8.74. The van der Waals surface area contributed by atoms with Crippen LogP contribution in [-0.4, -0.2) is 21.8 Å². The molecule has 27 heavy (non-hydrogen) atoms. The van der Waals surface area contributed by atoms with Gasteiger partial charge in [-0.05, 0) is 29.3 Å². The van der Waals surface area contributed by atoms with E-state index >= 15 is 0 Å². The van der Waals surface area contributed by atoms with Gasteiger partial charge in [0.15, 0.2) is 0 Å². The van der Waals surface area contributed by atoms with Crippen LogP contribution in [0.15, 0.2) is 53.0 Å². The van der Waals surface area contributed by atoms with Gasteiger partial charge in [0.05, 0.1) is 22.5 Å². The van der Waals surface area contributed by atoms with Gasteiger partial charge in [0.1, 0.15) is 5.51 Å². The summed E-state index contributed by atoms with van der Waals surface area (Å²) in [4.78, 5) is 17.0. The van der Waals surface area contributed by atoms with Gasteiger partial charge in [0, 0.05) is 6.42 Å². The second-order valence-electron chi connectivity index (χ2n) is 5.83. The predicted octanol–water partition coefficient (Wildman–Crippen LogP) is 4.49. The van der Waals surface area contributed by atoms with Gasteiger partial charge in [-0.3, -0.25) is 15.1 Å². The molecule has 0 saturated heterocycles. The summed E-state index contributed by atoms with van der Waals surface area (Å²) in [5.74, 6) is -0.391. The number of aromatic nitrogens is 2. The number of rotatable bonds is 3. The molecule has 0 bridgehead atoms. The molecule has 1 N–H and O–H groups in total. The highest BCUT2D eigenvalue weighted by Gasteiger charge is 2.31. The van der Waals surface area contributed by atoms with Gasteiger partial charge in [0.2, 0.25) is 5.13 Å². The van der Waals surface area contributed by atoms with Gasteiger partial charge in [0.25, 0.3) is 5.91 Å². The van der Waals surface area contributed by atoms with Gasteiger partial charge in [-0.15, -0.1) is 10.2 Å². The second-order valence-corrected chi connectivity index (χ2v) is 6.66. The Morgan fingerprint density at radius 1 is 1.15 bits per heavy atom. The molecule has 0 saturated carbocycles. The fourth-order valence-electron chi connectivity index (χ4n) is 2.84. The first-order chi connectivity index (χ1) is 12.9. The Bertz CT molecular complexity index is 1050. The van der Waals surface area contributed by atoms with Crippen molar-refractivity contribution >= 4 is 33.8 Å². The standard InChI is InChI=1S/C18H11F3N4OS/c19-18(20,21)12-5-1-3-10(7-12)14-8-11-4-2-6-13(15(11)23-14)16(26)24-17-25-22-9-27-17/h1-7,9H,8H2,(H,24,25,26). The molecule has 1 aliphatic rings. The number of alkyl halides is 3. The largest absolute Gasteiger partial charge is 0.416 e. The van der Waals surface area contributed by atoms with Crippen LogP contribution in [-0.2, 0) is 12.6 Å². The number of carbonyl (C=O) groups excluding carboxylic acids is 1. The van der Waals surface area contributed by atoms with Crippen molar-refractivity contribution in [1.29, 1.82) is 0 Å². The van der Waals surface area contributed by atoms with Crippen LogP contribution in [0.5, 0.6) is 0 Å². The molecule has 136 valence electrons. The van der Waals surface area contributed by atoms with Crippen molar-refractivity contribution in [2.24, 2.45) is 4.99 Å². The van der Waals surface area contributed by atoms with Crippen LogP contribution in [0.2, 0.25) is 0 Å². The van der Waals surface area contributed by atoms with Crippen molar-refractivity contribution in [3.63, 3.8) is 0 Å². The van der Waals surface area contributed by atoms with Crippen molar-refractivity contribution < 1.29 is 18.0 Å². The highest BCUT2D eigenvalue weighted by Crippen LogP contribution is 2.35. The topological polar surface area (TPSA) is 67.2 Å². The molecule has 0 atom stereocenters. The number of para-hydroxylation sites is 1. The lowest BCUT2D eigenvalue weighted by Gasteiger charge is -2.08. The van der Waals surface area contributed by atoms with E-state index in [9.17, 15) is 18.0 Å². The molecule has 0 aliphatic carbocycles. The van der Waals surface area contributed by atoms with Gasteiger partial charge in [-0.2, -0.15) is 13.2 Å². The van der Waals surface area contributed by atoms with Crippen molar-refractivity contribution in [3.05, 3.63) is 70.2 Å². The van der Waals surface area contributed by atoms with E-state index in [1.165, 1.54) is 22.9 Å². The third kappa shape index (κ3) is 3.45. The molecular formula is C18H11F3N4OS. The molecule has 3 aromatic rings. The number of hydrogen-bond acceptors (Lipinski definition) is 5. The van der Waals surface area contributed by atoms with Crippen LogP contribution < -0.4 is 5.32 Å². The van der Waals surface area contributed by atoms with Gasteiger partial charge < -0.3 is 0 Å². The molecule has 5 nitrogen and oxygen atoms in total. The molecule has 0 spiro atoms. The highest BCUT2D eigenvalue weighted by atomic mass is 32.1. The fourth-order valence-corrected chi connectivity index (χ4v) is 3.28. The highest BCUT2D eigenvalue weighted by molar-refractivity contribution is 7.13. The second kappa shape index (κ2) is 6.58. The summed E-state index contributed by atoms with van der Waals surface area (Å²) in [6.07, 6.45) is -4.06. The van der Waals surface area contributed by atoms with Crippen molar-refractivity contribution in [1.82, 2.24) is 10.2 Å². The maximum Gasteiger partial charge on any atom is 0.416 e. The molecule has 2 aromatic carbocycles. The number of nitrogens with one attached hydrogen (secondary N) is 1. The number of aliphatic imine (C=N–C) groups is 1. The number of fused-ring (bicyclic) bond motifs is 1. The predicted molar refractivity (Wildman–Crippen MR) is 95.6 cm³/mol. The lowest BCUT2D eigenvalue weighted by atomic mass is 10.0.